The molecule has 1 aromatic carbocycles. The summed E-state index contributed by atoms with van der Waals surface area (Å²) in [4.78, 5) is 17.6. The van der Waals surface area contributed by atoms with Crippen LogP contribution in [0, 0.1) is 5.82 Å². The number of aromatic nitrogens is 2. The Morgan fingerprint density at radius 2 is 2.18 bits per heavy atom. The van der Waals surface area contributed by atoms with E-state index >= 15 is 0 Å². The Balaban J connectivity index is 2.16. The minimum absolute atomic E-state index is 0.266. The van der Waals surface area contributed by atoms with Gasteiger partial charge in [0.15, 0.2) is 0 Å². The average molecular weight is 298 g/mol. The van der Waals surface area contributed by atoms with Gasteiger partial charge >= 0.3 is 0 Å². The lowest BCUT2D eigenvalue weighted by atomic mass is 10.2. The summed E-state index contributed by atoms with van der Waals surface area (Å²) >= 11 is 3.11. The fourth-order valence-corrected chi connectivity index (χ4v) is 1.68. The molecule has 1 aromatic heterocycles. The minimum atomic E-state index is -0.291. The van der Waals surface area contributed by atoms with E-state index < -0.39 is 0 Å². The Morgan fingerprint density at radius 3 is 2.94 bits per heavy atom. The van der Waals surface area contributed by atoms with Crippen molar-refractivity contribution in [1.82, 2.24) is 9.97 Å². The lowest BCUT2D eigenvalue weighted by Crippen LogP contribution is -2.12. The fourth-order valence-electron chi connectivity index (χ4n) is 1.33. The SMILES string of the molecule is O=c1[nH]cnc(NCc2ccccc2F)c1Br. The summed E-state index contributed by atoms with van der Waals surface area (Å²) in [5.74, 6) is 0.0953. The van der Waals surface area contributed by atoms with Gasteiger partial charge in [-0.15, -0.1) is 0 Å². The second-order valence-corrected chi connectivity index (χ2v) is 4.13. The summed E-state index contributed by atoms with van der Waals surface area (Å²) < 4.78 is 13.6. The number of benzene rings is 1. The molecule has 0 saturated carbocycles. The Hall–Kier alpha value is -1.69. The van der Waals surface area contributed by atoms with E-state index in [-0.39, 0.29) is 17.9 Å². The summed E-state index contributed by atoms with van der Waals surface area (Å²) in [5.41, 5.74) is 0.234. The lowest BCUT2D eigenvalue weighted by molar-refractivity contribution is 0.613. The van der Waals surface area contributed by atoms with Crippen molar-refractivity contribution in [2.45, 2.75) is 6.54 Å². The number of hydrogen-bond acceptors (Lipinski definition) is 3. The van der Waals surface area contributed by atoms with Crippen LogP contribution in [-0.2, 0) is 6.54 Å². The quantitative estimate of drug-likeness (QED) is 0.914. The van der Waals surface area contributed by atoms with Gasteiger partial charge in [-0.25, -0.2) is 9.37 Å². The van der Waals surface area contributed by atoms with Gasteiger partial charge in [0, 0.05) is 12.1 Å². The molecule has 0 aliphatic heterocycles. The Bertz CT molecular complexity index is 585. The summed E-state index contributed by atoms with van der Waals surface area (Å²) in [7, 11) is 0. The van der Waals surface area contributed by atoms with Crippen molar-refractivity contribution in [2.75, 3.05) is 5.32 Å². The first-order valence-corrected chi connectivity index (χ1v) is 5.68. The van der Waals surface area contributed by atoms with E-state index in [0.717, 1.165) is 0 Å². The molecule has 17 heavy (non-hydrogen) atoms. The van der Waals surface area contributed by atoms with Crippen molar-refractivity contribution in [3.05, 3.63) is 56.8 Å². The second-order valence-electron chi connectivity index (χ2n) is 3.34. The molecule has 0 aliphatic rings. The molecule has 0 atom stereocenters. The normalized spacial score (nSPS) is 10.2. The molecule has 1 heterocycles. The van der Waals surface area contributed by atoms with Crippen LogP contribution in [-0.4, -0.2) is 9.97 Å². The summed E-state index contributed by atoms with van der Waals surface area (Å²) in [5, 5.41) is 2.89. The van der Waals surface area contributed by atoms with Crippen molar-refractivity contribution < 1.29 is 4.39 Å². The van der Waals surface area contributed by atoms with E-state index in [4.69, 9.17) is 0 Å². The van der Waals surface area contributed by atoms with E-state index in [2.05, 4.69) is 31.2 Å². The van der Waals surface area contributed by atoms with Gasteiger partial charge < -0.3 is 10.3 Å². The van der Waals surface area contributed by atoms with Gasteiger partial charge in [0.2, 0.25) is 0 Å². The van der Waals surface area contributed by atoms with Crippen LogP contribution in [0.4, 0.5) is 10.2 Å². The number of hydrogen-bond donors (Lipinski definition) is 2. The Kier molecular flexibility index (Phi) is 3.53. The highest BCUT2D eigenvalue weighted by atomic mass is 79.9. The maximum absolute atomic E-state index is 13.3. The van der Waals surface area contributed by atoms with Gasteiger partial charge in [0.25, 0.3) is 5.56 Å². The van der Waals surface area contributed by atoms with Gasteiger partial charge in [-0.05, 0) is 22.0 Å². The Labute approximate surface area is 105 Å². The number of rotatable bonds is 3. The number of aromatic amines is 1. The number of halogens is 2. The zero-order valence-electron chi connectivity index (χ0n) is 8.71. The molecule has 0 bridgehead atoms. The average Bonchev–Trinajstić information content (AvgIpc) is 2.33. The first-order chi connectivity index (χ1) is 8.18. The number of nitrogens with one attached hydrogen (secondary N) is 2. The lowest BCUT2D eigenvalue weighted by Gasteiger charge is -2.07. The van der Waals surface area contributed by atoms with Crippen molar-refractivity contribution in [1.29, 1.82) is 0 Å². The van der Waals surface area contributed by atoms with Gasteiger partial charge in [-0.3, -0.25) is 4.79 Å². The monoisotopic (exact) mass is 297 g/mol. The zero-order valence-corrected chi connectivity index (χ0v) is 10.3. The molecule has 0 unspecified atom stereocenters. The van der Waals surface area contributed by atoms with Crippen LogP contribution >= 0.6 is 15.9 Å². The van der Waals surface area contributed by atoms with Crippen LogP contribution in [0.1, 0.15) is 5.56 Å². The molecule has 4 nitrogen and oxygen atoms in total. The largest absolute Gasteiger partial charge is 0.365 e. The van der Waals surface area contributed by atoms with E-state index in [1.807, 2.05) is 0 Å². The summed E-state index contributed by atoms with van der Waals surface area (Å²) in [6.07, 6.45) is 1.29. The molecule has 0 radical (unpaired) electrons. The van der Waals surface area contributed by atoms with E-state index in [1.54, 1.807) is 18.2 Å². The first-order valence-electron chi connectivity index (χ1n) is 4.89. The van der Waals surface area contributed by atoms with E-state index in [1.165, 1.54) is 12.4 Å². The van der Waals surface area contributed by atoms with Crippen LogP contribution in [0.3, 0.4) is 0 Å². The van der Waals surface area contributed by atoms with Crippen LogP contribution in [0.2, 0.25) is 0 Å². The van der Waals surface area contributed by atoms with Crippen LogP contribution in [0.15, 0.2) is 39.9 Å². The van der Waals surface area contributed by atoms with Crippen molar-refractivity contribution in [3.63, 3.8) is 0 Å². The molecule has 0 amide bonds. The molecule has 6 heteroatoms. The van der Waals surface area contributed by atoms with Gasteiger partial charge in [0.1, 0.15) is 16.1 Å². The highest BCUT2D eigenvalue weighted by molar-refractivity contribution is 9.10. The minimum Gasteiger partial charge on any atom is -0.365 e. The topological polar surface area (TPSA) is 57.8 Å². The summed E-state index contributed by atoms with van der Waals surface area (Å²) in [6, 6.07) is 6.43. The van der Waals surface area contributed by atoms with E-state index in [0.29, 0.717) is 15.9 Å². The maximum Gasteiger partial charge on any atom is 0.267 e. The van der Waals surface area contributed by atoms with Gasteiger partial charge in [-0.2, -0.15) is 0 Å². The predicted molar refractivity (Wildman–Crippen MR) is 66.3 cm³/mol. The number of H-pyrrole nitrogens is 1. The highest BCUT2D eigenvalue weighted by Crippen LogP contribution is 2.15. The maximum atomic E-state index is 13.3. The third-order valence-electron chi connectivity index (χ3n) is 2.20. The smallest absolute Gasteiger partial charge is 0.267 e. The second kappa shape index (κ2) is 5.09. The fraction of sp³-hybridized carbons (Fsp3) is 0.0909. The molecule has 0 fully saturated rings. The predicted octanol–water partition coefficient (Wildman–Crippen LogP) is 2.28. The van der Waals surface area contributed by atoms with Crippen molar-refractivity contribution in [2.24, 2.45) is 0 Å². The molecule has 0 aliphatic carbocycles. The molecule has 2 N–H and O–H groups in total. The molecule has 2 aromatic rings. The first kappa shape index (κ1) is 11.8. The van der Waals surface area contributed by atoms with Gasteiger partial charge in [-0.1, -0.05) is 18.2 Å². The van der Waals surface area contributed by atoms with E-state index in [9.17, 15) is 9.18 Å². The third-order valence-corrected chi connectivity index (χ3v) is 2.94. The van der Waals surface area contributed by atoms with Crippen LogP contribution in [0.25, 0.3) is 0 Å². The zero-order chi connectivity index (χ0) is 12.3. The molecular formula is C11H9BrFN3O. The Morgan fingerprint density at radius 1 is 1.41 bits per heavy atom. The molecule has 88 valence electrons. The molecular weight excluding hydrogens is 289 g/mol. The molecule has 0 spiro atoms. The van der Waals surface area contributed by atoms with Crippen molar-refractivity contribution in [3.8, 4) is 0 Å². The molecule has 2 rings (SSSR count). The van der Waals surface area contributed by atoms with Gasteiger partial charge in [0.05, 0.1) is 6.33 Å². The standard InChI is InChI=1S/C11H9BrFN3O/c12-9-10(15-6-16-11(9)17)14-5-7-3-1-2-4-8(7)13/h1-4,6H,5H2,(H2,14,15,16,17). The highest BCUT2D eigenvalue weighted by Gasteiger charge is 2.06. The van der Waals surface area contributed by atoms with Crippen LogP contribution < -0.4 is 10.9 Å². The van der Waals surface area contributed by atoms with Crippen LogP contribution in [0.5, 0.6) is 0 Å². The molecule has 0 saturated heterocycles. The summed E-state index contributed by atoms with van der Waals surface area (Å²) in [6.45, 7) is 0.266. The number of anilines is 1. The number of nitrogens with zero attached hydrogens (tertiary/aromatic N) is 1. The van der Waals surface area contributed by atoms with Crippen molar-refractivity contribution >= 4 is 21.7 Å². The third kappa shape index (κ3) is 2.71.